The van der Waals surface area contributed by atoms with Gasteiger partial charge in [0.05, 0.1) is 35.6 Å². The van der Waals surface area contributed by atoms with Crippen LogP contribution < -0.4 is 0 Å². The van der Waals surface area contributed by atoms with Gasteiger partial charge in [0.15, 0.2) is 11.9 Å². The van der Waals surface area contributed by atoms with Gasteiger partial charge >= 0.3 is 12.1 Å². The summed E-state index contributed by atoms with van der Waals surface area (Å²) in [6, 6.07) is 0.862. The van der Waals surface area contributed by atoms with Gasteiger partial charge in [0.2, 0.25) is 5.95 Å². The van der Waals surface area contributed by atoms with Gasteiger partial charge in [-0.3, -0.25) is 9.48 Å². The number of nitrogens with zero attached hydrogens (tertiary/aromatic N) is 5. The van der Waals surface area contributed by atoms with Crippen LogP contribution in [0.5, 0.6) is 0 Å². The lowest BCUT2D eigenvalue weighted by atomic mass is 10.1. The topological polar surface area (TPSA) is 103 Å². The summed E-state index contributed by atoms with van der Waals surface area (Å²) >= 11 is 0. The van der Waals surface area contributed by atoms with E-state index < -0.39 is 41.7 Å². The molecule has 0 saturated heterocycles. The molecule has 3 heterocycles. The summed E-state index contributed by atoms with van der Waals surface area (Å²) in [5.74, 6) is -2.63. The summed E-state index contributed by atoms with van der Waals surface area (Å²) < 4.78 is 71.4. The molecule has 0 aromatic carbocycles. The van der Waals surface area contributed by atoms with Crippen molar-refractivity contribution in [1.82, 2.24) is 24.7 Å². The normalized spacial score (nSPS) is 13.6. The number of pyridine rings is 1. The highest BCUT2D eigenvalue weighted by molar-refractivity contribution is 5.75. The van der Waals surface area contributed by atoms with Crippen molar-refractivity contribution in [3.8, 4) is 11.4 Å². The molecule has 1 unspecified atom stereocenters. The number of esters is 1. The third-order valence-corrected chi connectivity index (χ3v) is 4.49. The number of carbonyl (C=O) groups excluding carboxylic acids is 1. The number of aliphatic hydroxyl groups is 1. The highest BCUT2D eigenvalue weighted by atomic mass is 19.4. The third-order valence-electron chi connectivity index (χ3n) is 4.49. The highest BCUT2D eigenvalue weighted by Gasteiger charge is 2.39. The predicted molar refractivity (Wildman–Crippen MR) is 97.6 cm³/mol. The lowest BCUT2D eigenvalue weighted by Gasteiger charge is -2.15. The van der Waals surface area contributed by atoms with Gasteiger partial charge in [-0.05, 0) is 13.0 Å². The Hall–Kier alpha value is -3.48. The molecule has 3 rings (SSSR count). The van der Waals surface area contributed by atoms with E-state index >= 15 is 0 Å². The molecule has 0 amide bonds. The fraction of sp³-hybridized carbons (Fsp3) is 0.316. The molecule has 0 aliphatic carbocycles. The molecule has 0 radical (unpaired) electrons. The van der Waals surface area contributed by atoms with Gasteiger partial charge in [0, 0.05) is 25.0 Å². The van der Waals surface area contributed by atoms with Crippen molar-refractivity contribution in [2.24, 2.45) is 7.05 Å². The molecule has 0 aliphatic rings. The number of hydrogen-bond donors (Lipinski definition) is 1. The molecule has 3 aromatic heterocycles. The summed E-state index contributed by atoms with van der Waals surface area (Å²) in [5, 5.41) is 13.3. The zero-order valence-electron chi connectivity index (χ0n) is 16.6. The molecular weight excluding hydrogens is 441 g/mol. The molecular formula is C19H16F5N5O3. The lowest BCUT2D eigenvalue weighted by Crippen LogP contribution is -2.20. The Labute approximate surface area is 177 Å². The van der Waals surface area contributed by atoms with E-state index in [0.29, 0.717) is 6.20 Å². The van der Waals surface area contributed by atoms with Gasteiger partial charge in [0.25, 0.3) is 0 Å². The number of aryl methyl sites for hydroxylation is 1. The molecule has 1 N–H and O–H groups in total. The first kappa shape index (κ1) is 23.2. The van der Waals surface area contributed by atoms with Crippen LogP contribution in [0.2, 0.25) is 0 Å². The zero-order chi connectivity index (χ0) is 23.6. The molecule has 0 saturated carbocycles. The van der Waals surface area contributed by atoms with E-state index in [0.717, 1.165) is 18.5 Å². The zero-order valence-corrected chi connectivity index (χ0v) is 16.6. The second-order valence-electron chi connectivity index (χ2n) is 6.76. The van der Waals surface area contributed by atoms with Crippen molar-refractivity contribution < 1.29 is 36.6 Å². The van der Waals surface area contributed by atoms with Crippen molar-refractivity contribution in [1.29, 1.82) is 0 Å². The fourth-order valence-corrected chi connectivity index (χ4v) is 2.83. The van der Waals surface area contributed by atoms with E-state index in [1.54, 1.807) is 0 Å². The summed E-state index contributed by atoms with van der Waals surface area (Å²) in [4.78, 5) is 23.3. The van der Waals surface area contributed by atoms with Gasteiger partial charge in [-0.25, -0.2) is 19.3 Å². The van der Waals surface area contributed by atoms with Crippen LogP contribution in [0.3, 0.4) is 0 Å². The van der Waals surface area contributed by atoms with Crippen LogP contribution >= 0.6 is 0 Å². The number of alkyl halides is 3. The molecule has 2 atom stereocenters. The number of aliphatic hydroxyl groups excluding tert-OH is 1. The predicted octanol–water partition coefficient (Wildman–Crippen LogP) is 2.99. The number of aromatic nitrogens is 5. The molecule has 32 heavy (non-hydrogen) atoms. The number of hydrogen-bond acceptors (Lipinski definition) is 7. The van der Waals surface area contributed by atoms with Gasteiger partial charge in [0.1, 0.15) is 11.9 Å². The standard InChI is InChI=1S/C19H16F5N5O3/c1-9(12-3-11(20)7-25-17(12)21)32-15(30)4-14-13(8-28-29(14)2)18-26-5-10(6-27-18)16(31)19(22,23)24/h3,5-9,16,31H,4H2,1-2H3/t9-,16?/m1/s1. The molecule has 8 nitrogen and oxygen atoms in total. The van der Waals surface area contributed by atoms with Crippen molar-refractivity contribution in [2.45, 2.75) is 31.7 Å². The van der Waals surface area contributed by atoms with Gasteiger partial charge < -0.3 is 9.84 Å². The SMILES string of the molecule is C[C@@H](OC(=O)Cc1c(-c2ncc(C(O)C(F)(F)F)cn2)cnn1C)c1cc(F)cnc1F. The van der Waals surface area contributed by atoms with Gasteiger partial charge in [-0.15, -0.1) is 0 Å². The van der Waals surface area contributed by atoms with E-state index in [-0.39, 0.29) is 29.1 Å². The molecule has 0 spiro atoms. The maximum atomic E-state index is 13.8. The van der Waals surface area contributed by atoms with E-state index in [4.69, 9.17) is 4.74 Å². The molecule has 3 aromatic rings. The molecule has 0 fully saturated rings. The van der Waals surface area contributed by atoms with E-state index in [1.165, 1.54) is 24.9 Å². The van der Waals surface area contributed by atoms with Crippen LogP contribution in [0.1, 0.15) is 36.0 Å². The Morgan fingerprint density at radius 2 is 1.81 bits per heavy atom. The number of halogens is 5. The van der Waals surface area contributed by atoms with Crippen molar-refractivity contribution in [3.05, 3.63) is 59.4 Å². The lowest BCUT2D eigenvalue weighted by molar-refractivity contribution is -0.206. The minimum Gasteiger partial charge on any atom is -0.457 e. The summed E-state index contributed by atoms with van der Waals surface area (Å²) in [5.41, 5.74) is -0.288. The van der Waals surface area contributed by atoms with Gasteiger partial charge in [-0.1, -0.05) is 0 Å². The molecule has 170 valence electrons. The van der Waals surface area contributed by atoms with Crippen molar-refractivity contribution >= 4 is 5.97 Å². The van der Waals surface area contributed by atoms with Crippen LogP contribution in [0.15, 0.2) is 30.9 Å². The average molecular weight is 457 g/mol. The monoisotopic (exact) mass is 457 g/mol. The van der Waals surface area contributed by atoms with E-state index in [2.05, 4.69) is 20.1 Å². The summed E-state index contributed by atoms with van der Waals surface area (Å²) in [6.07, 6.45) is -5.49. The maximum absolute atomic E-state index is 13.8. The van der Waals surface area contributed by atoms with Crippen molar-refractivity contribution in [3.63, 3.8) is 0 Å². The minimum absolute atomic E-state index is 0.0348. The van der Waals surface area contributed by atoms with E-state index in [1.807, 2.05) is 0 Å². The third kappa shape index (κ3) is 5.04. The number of rotatable bonds is 6. The van der Waals surface area contributed by atoms with Crippen LogP contribution in [0.4, 0.5) is 22.0 Å². The Balaban J connectivity index is 1.77. The Morgan fingerprint density at radius 3 is 2.44 bits per heavy atom. The maximum Gasteiger partial charge on any atom is 0.418 e. The first-order valence-electron chi connectivity index (χ1n) is 9.05. The number of ether oxygens (including phenoxy) is 1. The Morgan fingerprint density at radius 1 is 1.16 bits per heavy atom. The molecule has 0 bridgehead atoms. The van der Waals surface area contributed by atoms with Crippen LogP contribution in [-0.2, 0) is 23.0 Å². The second-order valence-corrected chi connectivity index (χ2v) is 6.76. The van der Waals surface area contributed by atoms with Crippen LogP contribution in [0.25, 0.3) is 11.4 Å². The smallest absolute Gasteiger partial charge is 0.418 e. The van der Waals surface area contributed by atoms with Crippen molar-refractivity contribution in [2.75, 3.05) is 0 Å². The minimum atomic E-state index is -4.87. The summed E-state index contributed by atoms with van der Waals surface area (Å²) in [6.45, 7) is 1.34. The fourth-order valence-electron chi connectivity index (χ4n) is 2.83. The highest BCUT2D eigenvalue weighted by Crippen LogP contribution is 2.32. The first-order chi connectivity index (χ1) is 15.0. The number of carbonyl (C=O) groups is 1. The molecule has 0 aliphatic heterocycles. The van der Waals surface area contributed by atoms with Crippen LogP contribution in [-0.4, -0.2) is 42.0 Å². The second kappa shape index (κ2) is 8.94. The Bertz CT molecular complexity index is 1120. The quantitative estimate of drug-likeness (QED) is 0.345. The summed E-state index contributed by atoms with van der Waals surface area (Å²) in [7, 11) is 1.51. The largest absolute Gasteiger partial charge is 0.457 e. The van der Waals surface area contributed by atoms with E-state index in [9.17, 15) is 31.9 Å². The van der Waals surface area contributed by atoms with Crippen LogP contribution in [0, 0.1) is 11.8 Å². The Kier molecular flexibility index (Phi) is 6.48. The first-order valence-corrected chi connectivity index (χ1v) is 9.05. The molecule has 13 heteroatoms. The van der Waals surface area contributed by atoms with Gasteiger partial charge in [-0.2, -0.15) is 22.7 Å². The average Bonchev–Trinajstić information content (AvgIpc) is 3.08.